The van der Waals surface area contributed by atoms with Gasteiger partial charge in [0.1, 0.15) is 5.82 Å². The smallest absolute Gasteiger partial charge is 0.220 e. The number of nitrogens with zero attached hydrogens (tertiary/aromatic N) is 1. The fourth-order valence-electron chi connectivity index (χ4n) is 1.51. The van der Waals surface area contributed by atoms with Crippen LogP contribution in [0.2, 0.25) is 0 Å². The first-order chi connectivity index (χ1) is 8.83. The summed E-state index contributed by atoms with van der Waals surface area (Å²) in [6.07, 6.45) is 5.03. The summed E-state index contributed by atoms with van der Waals surface area (Å²) in [4.78, 5) is 15.4. The van der Waals surface area contributed by atoms with Crippen LogP contribution < -0.4 is 16.4 Å². The SMILES string of the molecule is Cl.Cl.NCCCC(=O)NCCCCNc1ccccn1. The predicted molar refractivity (Wildman–Crippen MR) is 87.8 cm³/mol. The van der Waals surface area contributed by atoms with Gasteiger partial charge in [-0.05, 0) is 37.9 Å². The van der Waals surface area contributed by atoms with Gasteiger partial charge in [0.2, 0.25) is 5.91 Å². The minimum atomic E-state index is 0. The average molecular weight is 323 g/mol. The Morgan fingerprint density at radius 3 is 2.55 bits per heavy atom. The van der Waals surface area contributed by atoms with Gasteiger partial charge in [-0.1, -0.05) is 6.07 Å². The number of anilines is 1. The van der Waals surface area contributed by atoms with Gasteiger partial charge < -0.3 is 16.4 Å². The number of carbonyl (C=O) groups excluding carboxylic acids is 1. The summed E-state index contributed by atoms with van der Waals surface area (Å²) in [7, 11) is 0. The van der Waals surface area contributed by atoms with Crippen LogP contribution >= 0.6 is 24.8 Å². The van der Waals surface area contributed by atoms with Crippen LogP contribution in [-0.4, -0.2) is 30.5 Å². The molecule has 0 radical (unpaired) electrons. The lowest BCUT2D eigenvalue weighted by molar-refractivity contribution is -0.121. The molecular formula is C13H24Cl2N4O. The third-order valence-corrected chi connectivity index (χ3v) is 2.50. The zero-order valence-electron chi connectivity index (χ0n) is 11.5. The largest absolute Gasteiger partial charge is 0.370 e. The van der Waals surface area contributed by atoms with E-state index in [0.29, 0.717) is 13.0 Å². The maximum atomic E-state index is 11.3. The summed E-state index contributed by atoms with van der Waals surface area (Å²) in [5, 5.41) is 6.10. The zero-order chi connectivity index (χ0) is 13.1. The Balaban J connectivity index is 0. The van der Waals surface area contributed by atoms with E-state index in [-0.39, 0.29) is 30.7 Å². The van der Waals surface area contributed by atoms with Crippen LogP contribution in [0.5, 0.6) is 0 Å². The van der Waals surface area contributed by atoms with Crippen molar-refractivity contribution in [3.63, 3.8) is 0 Å². The second kappa shape index (κ2) is 14.4. The molecule has 0 unspecified atom stereocenters. The Hall–Kier alpha value is -1.04. The Kier molecular flexibility index (Phi) is 15.3. The summed E-state index contributed by atoms with van der Waals surface area (Å²) >= 11 is 0. The molecule has 0 aliphatic carbocycles. The lowest BCUT2D eigenvalue weighted by Gasteiger charge is -2.06. The van der Waals surface area contributed by atoms with Crippen molar-refractivity contribution in [2.75, 3.05) is 25.0 Å². The molecule has 0 aliphatic heterocycles. The highest BCUT2D eigenvalue weighted by molar-refractivity contribution is 5.85. The predicted octanol–water partition coefficient (Wildman–Crippen LogP) is 1.97. The van der Waals surface area contributed by atoms with Gasteiger partial charge in [0.05, 0.1) is 0 Å². The van der Waals surface area contributed by atoms with E-state index in [2.05, 4.69) is 15.6 Å². The molecule has 0 bridgehead atoms. The molecule has 1 heterocycles. The molecule has 7 heteroatoms. The highest BCUT2D eigenvalue weighted by Gasteiger charge is 1.98. The van der Waals surface area contributed by atoms with Crippen LogP contribution in [0.1, 0.15) is 25.7 Å². The van der Waals surface area contributed by atoms with Crippen molar-refractivity contribution in [2.24, 2.45) is 5.73 Å². The lowest BCUT2D eigenvalue weighted by atomic mass is 10.2. The summed E-state index contributed by atoms with van der Waals surface area (Å²) in [5.41, 5.74) is 5.33. The Labute approximate surface area is 132 Å². The van der Waals surface area contributed by atoms with Gasteiger partial charge in [0.25, 0.3) is 0 Å². The van der Waals surface area contributed by atoms with Crippen LogP contribution in [-0.2, 0) is 4.79 Å². The van der Waals surface area contributed by atoms with Crippen LogP contribution in [0.15, 0.2) is 24.4 Å². The zero-order valence-corrected chi connectivity index (χ0v) is 13.1. The highest BCUT2D eigenvalue weighted by atomic mass is 35.5. The van der Waals surface area contributed by atoms with E-state index in [1.807, 2.05) is 18.2 Å². The molecule has 0 aliphatic rings. The van der Waals surface area contributed by atoms with E-state index in [1.54, 1.807) is 6.20 Å². The number of hydrogen-bond acceptors (Lipinski definition) is 4. The third-order valence-electron chi connectivity index (χ3n) is 2.50. The average Bonchev–Trinajstić information content (AvgIpc) is 2.41. The number of nitrogens with one attached hydrogen (secondary N) is 2. The van der Waals surface area contributed by atoms with Gasteiger partial charge in [0, 0.05) is 25.7 Å². The van der Waals surface area contributed by atoms with Gasteiger partial charge in [-0.15, -0.1) is 24.8 Å². The molecule has 1 aromatic rings. The molecule has 20 heavy (non-hydrogen) atoms. The first-order valence-electron chi connectivity index (χ1n) is 6.44. The van der Waals surface area contributed by atoms with Crippen LogP contribution in [0, 0.1) is 0 Å². The van der Waals surface area contributed by atoms with E-state index in [1.165, 1.54) is 0 Å². The van der Waals surface area contributed by atoms with Crippen molar-refractivity contribution in [1.29, 1.82) is 0 Å². The number of pyridine rings is 1. The van der Waals surface area contributed by atoms with Crippen molar-refractivity contribution >= 4 is 36.5 Å². The fourth-order valence-corrected chi connectivity index (χ4v) is 1.51. The van der Waals surface area contributed by atoms with Gasteiger partial charge in [0.15, 0.2) is 0 Å². The van der Waals surface area contributed by atoms with E-state index in [4.69, 9.17) is 5.73 Å². The minimum absolute atomic E-state index is 0. The van der Waals surface area contributed by atoms with Crippen molar-refractivity contribution < 1.29 is 4.79 Å². The topological polar surface area (TPSA) is 80.0 Å². The Bertz CT molecular complexity index is 338. The molecule has 0 spiro atoms. The molecular weight excluding hydrogens is 299 g/mol. The second-order valence-corrected chi connectivity index (χ2v) is 4.09. The summed E-state index contributed by atoms with van der Waals surface area (Å²) in [6.45, 7) is 2.17. The number of carbonyl (C=O) groups is 1. The van der Waals surface area contributed by atoms with E-state index in [0.717, 1.165) is 38.2 Å². The molecule has 0 saturated carbocycles. The molecule has 0 aromatic carbocycles. The molecule has 5 nitrogen and oxygen atoms in total. The maximum absolute atomic E-state index is 11.3. The van der Waals surface area contributed by atoms with Crippen molar-refractivity contribution in [3.05, 3.63) is 24.4 Å². The van der Waals surface area contributed by atoms with Crippen molar-refractivity contribution in [1.82, 2.24) is 10.3 Å². The van der Waals surface area contributed by atoms with Crippen molar-refractivity contribution in [3.8, 4) is 0 Å². The molecule has 0 saturated heterocycles. The van der Waals surface area contributed by atoms with Gasteiger partial charge in [-0.25, -0.2) is 4.98 Å². The quantitative estimate of drug-likeness (QED) is 0.607. The van der Waals surface area contributed by atoms with Gasteiger partial charge >= 0.3 is 0 Å². The molecule has 1 aromatic heterocycles. The molecule has 0 atom stereocenters. The number of amides is 1. The lowest BCUT2D eigenvalue weighted by Crippen LogP contribution is -2.25. The summed E-state index contributed by atoms with van der Waals surface area (Å²) < 4.78 is 0. The Morgan fingerprint density at radius 2 is 1.90 bits per heavy atom. The first-order valence-corrected chi connectivity index (χ1v) is 6.44. The van der Waals surface area contributed by atoms with Gasteiger partial charge in [-0.2, -0.15) is 0 Å². The van der Waals surface area contributed by atoms with Crippen LogP contribution in [0.25, 0.3) is 0 Å². The number of unbranched alkanes of at least 4 members (excludes halogenated alkanes) is 1. The van der Waals surface area contributed by atoms with E-state index >= 15 is 0 Å². The Morgan fingerprint density at radius 1 is 1.15 bits per heavy atom. The fraction of sp³-hybridized carbons (Fsp3) is 0.538. The normalized spacial score (nSPS) is 9.05. The van der Waals surface area contributed by atoms with Crippen LogP contribution in [0.3, 0.4) is 0 Å². The minimum Gasteiger partial charge on any atom is -0.370 e. The number of halogens is 2. The van der Waals surface area contributed by atoms with E-state index < -0.39 is 0 Å². The number of rotatable bonds is 9. The maximum Gasteiger partial charge on any atom is 0.220 e. The van der Waals surface area contributed by atoms with Gasteiger partial charge in [-0.3, -0.25) is 4.79 Å². The molecule has 116 valence electrons. The standard InChI is InChI=1S/C13H22N4O.2ClH/c14-8-5-7-13(18)17-11-4-3-10-16-12-6-1-2-9-15-12;;/h1-2,6,9H,3-5,7-8,10-11,14H2,(H,15,16)(H,17,18);2*1H. The second-order valence-electron chi connectivity index (χ2n) is 4.09. The third kappa shape index (κ3) is 10.8. The first kappa shape index (κ1) is 21.3. The molecule has 1 rings (SSSR count). The highest BCUT2D eigenvalue weighted by Crippen LogP contribution is 2.00. The molecule has 0 fully saturated rings. The molecule has 4 N–H and O–H groups in total. The molecule has 1 amide bonds. The number of nitrogens with two attached hydrogens (primary N) is 1. The van der Waals surface area contributed by atoms with Crippen LogP contribution in [0.4, 0.5) is 5.82 Å². The monoisotopic (exact) mass is 322 g/mol. The number of aromatic nitrogens is 1. The number of hydrogen-bond donors (Lipinski definition) is 3. The summed E-state index contributed by atoms with van der Waals surface area (Å²) in [5.74, 6) is 0.989. The van der Waals surface area contributed by atoms with E-state index in [9.17, 15) is 4.79 Å². The van der Waals surface area contributed by atoms with Crippen molar-refractivity contribution in [2.45, 2.75) is 25.7 Å². The summed E-state index contributed by atoms with van der Waals surface area (Å²) in [6, 6.07) is 5.78.